The van der Waals surface area contributed by atoms with Crippen molar-refractivity contribution in [3.63, 3.8) is 0 Å². The van der Waals surface area contributed by atoms with Crippen LogP contribution in [0.25, 0.3) is 0 Å². The molecule has 0 fully saturated rings. The zero-order chi connectivity index (χ0) is 6.78. The largest absolute Gasteiger partial charge is 0.269 e. The fourth-order valence-corrected chi connectivity index (χ4v) is 0.0913. The van der Waals surface area contributed by atoms with E-state index in [1.807, 2.05) is 0 Å². The molecule has 0 heterocycles. The molecule has 0 atom stereocenters. The minimum Gasteiger partial charge on any atom is -0.263 e. The summed E-state index contributed by atoms with van der Waals surface area (Å²) >= 11 is 0. The summed E-state index contributed by atoms with van der Waals surface area (Å²) in [5.41, 5.74) is -0.986. The van der Waals surface area contributed by atoms with Crippen molar-refractivity contribution in [2.24, 2.45) is 0 Å². The quantitative estimate of drug-likeness (QED) is 0.320. The van der Waals surface area contributed by atoms with E-state index in [1.165, 1.54) is 13.8 Å². The van der Waals surface area contributed by atoms with Gasteiger partial charge >= 0.3 is 0 Å². The Morgan fingerprint density at radius 2 is 2.00 bits per heavy atom. The van der Waals surface area contributed by atoms with Gasteiger partial charge in [0.15, 0.2) is 0 Å². The predicted octanol–water partition coefficient (Wildman–Crippen LogP) is 0.219. The normalized spacial score (nSPS) is 11.4. The van der Waals surface area contributed by atoms with Crippen molar-refractivity contribution in [1.82, 2.24) is 5.32 Å². The maximum absolute atomic E-state index is 10.00. The Hall–Kier alpha value is -0.640. The SMILES string of the molecule is CNC(C)(C)[N+](=O)[O-]. The molecule has 0 aromatic rings. The fraction of sp³-hybridized carbons (Fsp3) is 1.00. The smallest absolute Gasteiger partial charge is 0.263 e. The van der Waals surface area contributed by atoms with E-state index in [0.29, 0.717) is 0 Å². The lowest BCUT2D eigenvalue weighted by molar-refractivity contribution is -0.567. The second-order valence-electron chi connectivity index (χ2n) is 2.07. The fourth-order valence-electron chi connectivity index (χ4n) is 0.0913. The Bertz CT molecular complexity index is 100. The first-order valence-electron chi connectivity index (χ1n) is 2.34. The monoisotopic (exact) mass is 118 g/mol. The number of hydrogen-bond donors (Lipinski definition) is 1. The molecule has 4 nitrogen and oxygen atoms in total. The van der Waals surface area contributed by atoms with E-state index < -0.39 is 5.66 Å². The van der Waals surface area contributed by atoms with Crippen LogP contribution in [-0.4, -0.2) is 17.6 Å². The molecule has 4 heteroatoms. The second kappa shape index (κ2) is 2.09. The van der Waals surface area contributed by atoms with E-state index in [-0.39, 0.29) is 4.92 Å². The lowest BCUT2D eigenvalue weighted by Gasteiger charge is -2.12. The molecule has 0 unspecified atom stereocenters. The maximum atomic E-state index is 10.00. The molecule has 0 aromatic heterocycles. The van der Waals surface area contributed by atoms with Crippen molar-refractivity contribution < 1.29 is 4.92 Å². The van der Waals surface area contributed by atoms with Crippen LogP contribution < -0.4 is 5.32 Å². The van der Waals surface area contributed by atoms with Gasteiger partial charge in [0.2, 0.25) is 0 Å². The molecule has 0 bridgehead atoms. The summed E-state index contributed by atoms with van der Waals surface area (Å²) in [4.78, 5) is 9.63. The number of nitrogens with zero attached hydrogens (tertiary/aromatic N) is 1. The van der Waals surface area contributed by atoms with E-state index in [2.05, 4.69) is 5.32 Å². The van der Waals surface area contributed by atoms with Crippen molar-refractivity contribution in [3.05, 3.63) is 10.1 Å². The summed E-state index contributed by atoms with van der Waals surface area (Å²) in [5.74, 6) is 0. The van der Waals surface area contributed by atoms with Gasteiger partial charge in [0.05, 0.1) is 0 Å². The Morgan fingerprint density at radius 1 is 1.62 bits per heavy atom. The second-order valence-corrected chi connectivity index (χ2v) is 2.07. The highest BCUT2D eigenvalue weighted by Crippen LogP contribution is 1.98. The standard InChI is InChI=1S/C4H10N2O2/c1-4(2,5-3)6(7)8/h5H,1-3H3. The molecule has 0 aromatic carbocycles. The van der Waals surface area contributed by atoms with Crippen LogP contribution in [0, 0.1) is 10.1 Å². The minimum absolute atomic E-state index is 0.368. The first-order chi connectivity index (χ1) is 3.50. The van der Waals surface area contributed by atoms with Crippen molar-refractivity contribution >= 4 is 0 Å². The first-order valence-corrected chi connectivity index (χ1v) is 2.34. The Labute approximate surface area is 48.0 Å². The van der Waals surface area contributed by atoms with E-state index >= 15 is 0 Å². The molecule has 0 spiro atoms. The molecule has 8 heavy (non-hydrogen) atoms. The van der Waals surface area contributed by atoms with Crippen molar-refractivity contribution in [1.29, 1.82) is 0 Å². The minimum atomic E-state index is -0.986. The van der Waals surface area contributed by atoms with Crippen molar-refractivity contribution in [3.8, 4) is 0 Å². The predicted molar refractivity (Wildman–Crippen MR) is 30.1 cm³/mol. The van der Waals surface area contributed by atoms with Crippen molar-refractivity contribution in [2.45, 2.75) is 19.5 Å². The van der Waals surface area contributed by atoms with Gasteiger partial charge in [-0.05, 0) is 7.05 Å². The first kappa shape index (κ1) is 7.36. The maximum Gasteiger partial charge on any atom is 0.269 e. The zero-order valence-electron chi connectivity index (χ0n) is 5.26. The number of nitro groups is 1. The lowest BCUT2D eigenvalue weighted by atomic mass is 10.3. The highest BCUT2D eigenvalue weighted by atomic mass is 16.6. The summed E-state index contributed by atoms with van der Waals surface area (Å²) in [6, 6.07) is 0. The highest BCUT2D eigenvalue weighted by Gasteiger charge is 2.26. The van der Waals surface area contributed by atoms with Gasteiger partial charge in [-0.2, -0.15) is 0 Å². The topological polar surface area (TPSA) is 55.2 Å². The zero-order valence-corrected chi connectivity index (χ0v) is 5.26. The Balaban J connectivity index is 3.91. The van der Waals surface area contributed by atoms with E-state index in [4.69, 9.17) is 0 Å². The molecule has 0 aliphatic carbocycles. The van der Waals surface area contributed by atoms with Gasteiger partial charge in [0.25, 0.3) is 5.66 Å². The van der Waals surface area contributed by atoms with Gasteiger partial charge in [0.1, 0.15) is 0 Å². The molecule has 0 rings (SSSR count). The summed E-state index contributed by atoms with van der Waals surface area (Å²) in [5, 5.41) is 12.5. The van der Waals surface area contributed by atoms with Gasteiger partial charge < -0.3 is 0 Å². The molecule has 0 saturated carbocycles. The number of rotatable bonds is 2. The summed E-state index contributed by atoms with van der Waals surface area (Å²) in [6.07, 6.45) is 0. The van der Waals surface area contributed by atoms with E-state index in [9.17, 15) is 10.1 Å². The molecule has 0 saturated heterocycles. The van der Waals surface area contributed by atoms with Crippen LogP contribution in [0.2, 0.25) is 0 Å². The average Bonchev–Trinajstić information content (AvgIpc) is 1.67. The number of hydrogen-bond acceptors (Lipinski definition) is 3. The van der Waals surface area contributed by atoms with Gasteiger partial charge in [-0.3, -0.25) is 15.4 Å². The highest BCUT2D eigenvalue weighted by molar-refractivity contribution is 4.57. The molecular weight excluding hydrogens is 108 g/mol. The lowest BCUT2D eigenvalue weighted by Crippen LogP contribution is -2.43. The summed E-state index contributed by atoms with van der Waals surface area (Å²) in [7, 11) is 1.56. The van der Waals surface area contributed by atoms with Crippen LogP contribution in [0.5, 0.6) is 0 Å². The molecule has 1 N–H and O–H groups in total. The van der Waals surface area contributed by atoms with Crippen LogP contribution in [0.3, 0.4) is 0 Å². The van der Waals surface area contributed by atoms with Gasteiger partial charge in [-0.1, -0.05) is 0 Å². The molecule has 0 amide bonds. The Morgan fingerprint density at radius 3 is 2.00 bits per heavy atom. The van der Waals surface area contributed by atoms with Crippen molar-refractivity contribution in [2.75, 3.05) is 7.05 Å². The molecule has 0 aliphatic rings. The van der Waals surface area contributed by atoms with Gasteiger partial charge in [-0.15, -0.1) is 0 Å². The molecule has 48 valence electrons. The van der Waals surface area contributed by atoms with Crippen LogP contribution in [-0.2, 0) is 0 Å². The third-order valence-corrected chi connectivity index (χ3v) is 1.07. The van der Waals surface area contributed by atoms with Crippen LogP contribution >= 0.6 is 0 Å². The summed E-state index contributed by atoms with van der Waals surface area (Å²) < 4.78 is 0. The summed E-state index contributed by atoms with van der Waals surface area (Å²) in [6.45, 7) is 3.01. The third kappa shape index (κ3) is 1.46. The Kier molecular flexibility index (Phi) is 1.92. The van der Waals surface area contributed by atoms with Gasteiger partial charge in [-0.25, -0.2) is 0 Å². The van der Waals surface area contributed by atoms with E-state index in [0.717, 1.165) is 0 Å². The molecule has 0 aliphatic heterocycles. The molecular formula is C4H10N2O2. The molecule has 0 radical (unpaired) electrons. The average molecular weight is 118 g/mol. The van der Waals surface area contributed by atoms with Gasteiger partial charge in [0, 0.05) is 18.8 Å². The van der Waals surface area contributed by atoms with Crippen LogP contribution in [0.4, 0.5) is 0 Å². The van der Waals surface area contributed by atoms with Crippen LogP contribution in [0.15, 0.2) is 0 Å². The number of nitrogens with one attached hydrogen (secondary N) is 1. The van der Waals surface area contributed by atoms with E-state index in [1.54, 1.807) is 7.05 Å². The third-order valence-electron chi connectivity index (χ3n) is 1.07. The van der Waals surface area contributed by atoms with Crippen LogP contribution in [0.1, 0.15) is 13.8 Å².